The molecule has 0 amide bonds. The zero-order valence-electron chi connectivity index (χ0n) is 34.4. The number of fused-ring (bicyclic) bond motifs is 5. The maximum Gasteiger partial charge on any atom is 0.386 e. The fourth-order valence-corrected chi connectivity index (χ4v) is 21.7. The lowest BCUT2D eigenvalue weighted by Gasteiger charge is -2.47. The Bertz CT molecular complexity index is 2410. The average molecular weight is 1000 g/mol. The van der Waals surface area contributed by atoms with Crippen LogP contribution in [0.25, 0.3) is 22.2 Å². The van der Waals surface area contributed by atoms with E-state index in [2.05, 4.69) is 37.2 Å². The summed E-state index contributed by atoms with van der Waals surface area (Å²) in [5, 5.41) is 0.142. The van der Waals surface area contributed by atoms with Crippen molar-refractivity contribution in [3.05, 3.63) is 40.6 Å². The molecule has 3 aliphatic heterocycles. The Kier molecular flexibility index (Phi) is 13.9. The third kappa shape index (κ3) is 8.99. The number of nitrogens with zero attached hydrogens (tertiary/aromatic N) is 6. The number of halogens is 2. The molecule has 7 rings (SSSR count). The van der Waals surface area contributed by atoms with Gasteiger partial charge in [0.05, 0.1) is 30.9 Å². The predicted molar refractivity (Wildman–Crippen MR) is 239 cm³/mol. The van der Waals surface area contributed by atoms with Crippen molar-refractivity contribution in [2.45, 2.75) is 127 Å². The molecule has 0 aliphatic carbocycles. The van der Waals surface area contributed by atoms with Crippen molar-refractivity contribution in [3.8, 4) is 0 Å². The first-order valence-electron chi connectivity index (χ1n) is 19.5. The highest BCUT2D eigenvalue weighted by atomic mass is 35.5. The van der Waals surface area contributed by atoms with E-state index >= 15 is 4.39 Å². The predicted octanol–water partition coefficient (Wildman–Crippen LogP) is 6.86. The first-order valence-corrected chi connectivity index (χ1v) is 30.4. The second-order valence-electron chi connectivity index (χ2n) is 16.4. The number of imidazole rings is 1. The van der Waals surface area contributed by atoms with Gasteiger partial charge in [-0.2, -0.15) is 0 Å². The van der Waals surface area contributed by atoms with E-state index in [1.54, 1.807) is 0 Å². The molecular formula is C33H50ClFN8O11P2S3Si2. The Morgan fingerprint density at radius 1 is 0.951 bits per heavy atom. The summed E-state index contributed by atoms with van der Waals surface area (Å²) in [4.78, 5) is 44.6. The molecule has 0 saturated carbocycles. The van der Waals surface area contributed by atoms with E-state index in [0.29, 0.717) is 0 Å². The van der Waals surface area contributed by atoms with Gasteiger partial charge >= 0.3 is 23.9 Å². The number of thiol groups is 2. The normalized spacial score (nSPS) is 32.0. The number of ether oxygens (including phenoxy) is 2. The van der Waals surface area contributed by atoms with Crippen LogP contribution < -0.4 is 11.3 Å². The number of nitrogens with one attached hydrogen (secondary N) is 1. The van der Waals surface area contributed by atoms with Crippen LogP contribution in [-0.2, 0) is 52.5 Å². The van der Waals surface area contributed by atoms with E-state index in [0.717, 1.165) is 0 Å². The summed E-state index contributed by atoms with van der Waals surface area (Å²) < 4.78 is 85.7. The second-order valence-corrected chi connectivity index (χ2v) is 33.6. The molecule has 338 valence electrons. The van der Waals surface area contributed by atoms with E-state index in [4.69, 9.17) is 77.5 Å². The lowest BCUT2D eigenvalue weighted by Crippen LogP contribution is -2.62. The monoisotopic (exact) mass is 1000 g/mol. The molecular weight excluding hydrogens is 953 g/mol. The summed E-state index contributed by atoms with van der Waals surface area (Å²) in [6.45, 7) is 10.1. The van der Waals surface area contributed by atoms with Crippen molar-refractivity contribution in [1.29, 1.82) is 0 Å². The number of aromatic amines is 1. The van der Waals surface area contributed by atoms with Crippen LogP contribution in [0.2, 0.25) is 27.2 Å². The smallest absolute Gasteiger partial charge is 0.386 e. The lowest BCUT2D eigenvalue weighted by molar-refractivity contribution is -0.0547. The first kappa shape index (κ1) is 47.6. The second kappa shape index (κ2) is 17.8. The first-order chi connectivity index (χ1) is 28.5. The van der Waals surface area contributed by atoms with Crippen molar-refractivity contribution in [1.82, 2.24) is 34.1 Å². The van der Waals surface area contributed by atoms with Gasteiger partial charge in [0, 0.05) is 6.20 Å². The number of H-pyrrole nitrogens is 1. The number of anilines is 1. The molecule has 3 fully saturated rings. The number of nitrogens with two attached hydrogens (primary N) is 1. The Hall–Kier alpha value is -1.36. The van der Waals surface area contributed by atoms with Crippen LogP contribution in [0.5, 0.6) is 0 Å². The Morgan fingerprint density at radius 2 is 1.61 bits per heavy atom. The Balaban J connectivity index is 1.32. The van der Waals surface area contributed by atoms with Crippen molar-refractivity contribution >= 4 is 106 Å². The third-order valence-electron chi connectivity index (χ3n) is 11.3. The molecule has 4 aromatic heterocycles. The highest BCUT2D eigenvalue weighted by molar-refractivity contribution is 8.60. The van der Waals surface area contributed by atoms with Crippen LogP contribution in [0.4, 0.5) is 10.2 Å². The SMILES string of the molecule is CC(C)[Si](O)(O[Si](O[C@H]1[C@H]2OP(=S)(S)OCC3O[C@@H](n4cnc5c(N)ncnc54)[C@H](F)[C@@H]3OP(=O)(S)OC[C@H]1O[C@H]2n1cc(Cl)c2c(=O)[nH]cnc21)(C(C)C)C(C)C)C(C)C. The molecule has 3 unspecified atom stereocenters. The van der Waals surface area contributed by atoms with E-state index in [-0.39, 0.29) is 55.2 Å². The number of hydrogen-bond donors (Lipinski definition) is 5. The molecule has 10 atom stereocenters. The molecule has 28 heteroatoms. The van der Waals surface area contributed by atoms with Crippen molar-refractivity contribution in [3.63, 3.8) is 0 Å². The standard InChI is InChI=1S/C33H50ClFN8O11P2S3Si2/c1-15(2)60(46,16(3)4)54-61(17(5)6,18(7)8)53-26-21-10-47-55(45,57)51-25-20(49-32(23(25)35)43-14-41-24-28(36)37-12-39-30(24)43)11-48-56(58,59)52-27(26)33(50-21)42-9-19(34)22-29(42)38-13-40-31(22)44/h9,12-18,20-21,23,25-27,32-33,46H,10-11H2,1-8H3,(H,45,57)(H,58,59)(H2,36,37,39)(H,38,40,44)/t20?,21-,23-,25-,26-,27-,32-,33-,55?/m1/s1. The van der Waals surface area contributed by atoms with Gasteiger partial charge in [-0.25, -0.2) is 28.9 Å². The van der Waals surface area contributed by atoms with E-state index in [1.165, 1.54) is 34.3 Å². The van der Waals surface area contributed by atoms with Gasteiger partial charge in [0.2, 0.25) is 5.69 Å². The van der Waals surface area contributed by atoms with Gasteiger partial charge in [-0.05, 0) is 34.0 Å². The van der Waals surface area contributed by atoms with E-state index < -0.39 is 97.5 Å². The van der Waals surface area contributed by atoms with E-state index in [1.807, 2.05) is 55.4 Å². The zero-order chi connectivity index (χ0) is 44.6. The quantitative estimate of drug-likeness (QED) is 0.0620. The Labute approximate surface area is 373 Å². The maximum atomic E-state index is 16.6. The molecule has 0 aromatic carbocycles. The number of hydrogen-bond acceptors (Lipinski definition) is 17. The summed E-state index contributed by atoms with van der Waals surface area (Å²) in [6, 6.07) is 0. The highest BCUT2D eigenvalue weighted by Crippen LogP contribution is 2.61. The fraction of sp³-hybridized carbons (Fsp3) is 0.667. The maximum absolute atomic E-state index is 16.6. The highest BCUT2D eigenvalue weighted by Gasteiger charge is 2.60. The number of aromatic nitrogens is 7. The minimum Gasteiger partial charge on any atom is -0.414 e. The largest absolute Gasteiger partial charge is 0.414 e. The van der Waals surface area contributed by atoms with Gasteiger partial charge in [0.15, 0.2) is 35.7 Å². The summed E-state index contributed by atoms with van der Waals surface area (Å²) in [7, 11) is -7.12. The summed E-state index contributed by atoms with van der Waals surface area (Å²) >= 11 is 21.6. The number of nitrogen functional groups attached to an aromatic ring is 1. The molecule has 0 spiro atoms. The average Bonchev–Trinajstić information content (AvgIpc) is 3.92. The zero-order valence-corrected chi connectivity index (χ0v) is 41.5. The van der Waals surface area contributed by atoms with Crippen LogP contribution in [0.3, 0.4) is 0 Å². The summed E-state index contributed by atoms with van der Waals surface area (Å²) in [6.07, 6.45) is -5.90. The van der Waals surface area contributed by atoms with Gasteiger partial charge in [-0.1, -0.05) is 91.5 Å². The van der Waals surface area contributed by atoms with Gasteiger partial charge in [0.25, 0.3) is 5.56 Å². The molecule has 3 saturated heterocycles. The van der Waals surface area contributed by atoms with Gasteiger partial charge < -0.3 is 47.1 Å². The molecule has 7 heterocycles. The van der Waals surface area contributed by atoms with Crippen LogP contribution in [-0.4, -0.2) is 106 Å². The topological polar surface area (TPSA) is 231 Å². The minimum absolute atomic E-state index is 0.0639. The summed E-state index contributed by atoms with van der Waals surface area (Å²) in [5.41, 5.74) is 1.30. The van der Waals surface area contributed by atoms with Gasteiger partial charge in [-0.3, -0.25) is 18.4 Å². The third-order valence-corrected chi connectivity index (χ3v) is 25.1. The van der Waals surface area contributed by atoms with Crippen LogP contribution in [0.1, 0.15) is 67.8 Å². The van der Waals surface area contributed by atoms with Crippen LogP contribution >= 0.6 is 48.6 Å². The number of alkyl halides is 1. The lowest BCUT2D eigenvalue weighted by atomic mass is 10.1. The van der Waals surface area contributed by atoms with Crippen molar-refractivity contribution < 1.29 is 49.9 Å². The molecule has 19 nitrogen and oxygen atoms in total. The van der Waals surface area contributed by atoms with Crippen LogP contribution in [0.15, 0.2) is 30.0 Å². The van der Waals surface area contributed by atoms with Gasteiger partial charge in [0.1, 0.15) is 47.8 Å². The fourth-order valence-electron chi connectivity index (χ4n) is 8.07. The molecule has 0 radical (unpaired) electrons. The van der Waals surface area contributed by atoms with E-state index in [9.17, 15) is 14.2 Å². The number of rotatable bonds is 10. The van der Waals surface area contributed by atoms with Gasteiger partial charge in [-0.15, -0.1) is 0 Å². The molecule has 4 N–H and O–H groups in total. The van der Waals surface area contributed by atoms with Crippen LogP contribution in [0, 0.1) is 0 Å². The minimum atomic E-state index is -4.50. The van der Waals surface area contributed by atoms with Crippen molar-refractivity contribution in [2.24, 2.45) is 0 Å². The molecule has 3 aliphatic rings. The molecule has 4 aromatic rings. The Morgan fingerprint density at radius 3 is 2.26 bits per heavy atom. The molecule has 2 bridgehead atoms. The summed E-state index contributed by atoms with van der Waals surface area (Å²) in [5.74, 6) is 0.0709. The molecule has 61 heavy (non-hydrogen) atoms. The van der Waals surface area contributed by atoms with Crippen molar-refractivity contribution in [2.75, 3.05) is 18.9 Å².